The van der Waals surface area contributed by atoms with Gasteiger partial charge in [-0.05, 0) is 42.8 Å². The molecule has 0 bridgehead atoms. The van der Waals surface area contributed by atoms with Gasteiger partial charge in [-0.25, -0.2) is 0 Å². The van der Waals surface area contributed by atoms with Crippen molar-refractivity contribution in [2.75, 3.05) is 10.6 Å². The first kappa shape index (κ1) is 19.8. The number of furan rings is 1. The van der Waals surface area contributed by atoms with Gasteiger partial charge >= 0.3 is 0 Å². The molecule has 2 aromatic carbocycles. The van der Waals surface area contributed by atoms with Gasteiger partial charge in [0.15, 0.2) is 5.76 Å². The number of anilines is 2. The second-order valence-electron chi connectivity index (χ2n) is 6.27. The van der Waals surface area contributed by atoms with E-state index >= 15 is 0 Å². The maximum atomic E-state index is 12.5. The monoisotopic (exact) mass is 393 g/mol. The first-order valence-electron chi connectivity index (χ1n) is 9.03. The van der Waals surface area contributed by atoms with E-state index in [1.807, 2.05) is 6.92 Å². The number of benzene rings is 2. The second-order valence-corrected chi connectivity index (χ2v) is 6.27. The lowest BCUT2D eigenvalue weighted by Crippen LogP contribution is -2.13. The lowest BCUT2D eigenvalue weighted by Gasteiger charge is -2.08. The Hall–Kier alpha value is -3.94. The molecular weight excluding hydrogens is 374 g/mol. The van der Waals surface area contributed by atoms with Crippen molar-refractivity contribution in [2.24, 2.45) is 0 Å². The predicted molar refractivity (Wildman–Crippen MR) is 109 cm³/mol. The molecule has 0 radical (unpaired) electrons. The van der Waals surface area contributed by atoms with Crippen LogP contribution in [0.1, 0.15) is 30.3 Å². The molecule has 2 N–H and O–H groups in total. The second kappa shape index (κ2) is 8.83. The Morgan fingerprint density at radius 2 is 1.72 bits per heavy atom. The summed E-state index contributed by atoms with van der Waals surface area (Å²) < 4.78 is 5.54. The molecular formula is C21H19N3O5. The number of nitro benzene ring substituents is 1. The Balaban J connectivity index is 1.75. The van der Waals surface area contributed by atoms with Gasteiger partial charge in [0, 0.05) is 23.9 Å². The highest BCUT2D eigenvalue weighted by Gasteiger charge is 2.19. The molecule has 148 valence electrons. The summed E-state index contributed by atoms with van der Waals surface area (Å²) in [5.41, 5.74) is 1.23. The first-order chi connectivity index (χ1) is 14.0. The molecule has 8 nitrogen and oxygen atoms in total. The standard InChI is InChI=1S/C21H19N3O5/c1-2-6-20(25)22-14-7-5-8-15(13-14)23-21(26)19-12-11-18(29-19)16-9-3-4-10-17(16)24(27)28/h3-5,7-13H,2,6H2,1H3,(H,22,25)(H,23,26). The summed E-state index contributed by atoms with van der Waals surface area (Å²) in [5, 5.41) is 16.6. The molecule has 0 atom stereocenters. The molecule has 3 rings (SSSR count). The zero-order valence-corrected chi connectivity index (χ0v) is 15.7. The summed E-state index contributed by atoms with van der Waals surface area (Å²) in [5.74, 6) is -0.371. The number of nitrogens with one attached hydrogen (secondary N) is 2. The van der Waals surface area contributed by atoms with Crippen molar-refractivity contribution in [1.29, 1.82) is 0 Å². The van der Waals surface area contributed by atoms with Crippen molar-refractivity contribution in [2.45, 2.75) is 19.8 Å². The van der Waals surface area contributed by atoms with E-state index in [0.29, 0.717) is 17.8 Å². The lowest BCUT2D eigenvalue weighted by molar-refractivity contribution is -0.384. The molecule has 3 aromatic rings. The smallest absolute Gasteiger partial charge is 0.291 e. The molecule has 0 fully saturated rings. The Kier molecular flexibility index (Phi) is 6.03. The van der Waals surface area contributed by atoms with Gasteiger partial charge < -0.3 is 15.1 Å². The van der Waals surface area contributed by atoms with Gasteiger partial charge in [0.05, 0.1) is 10.5 Å². The summed E-state index contributed by atoms with van der Waals surface area (Å²) in [4.78, 5) is 34.9. The van der Waals surface area contributed by atoms with E-state index in [2.05, 4.69) is 10.6 Å². The van der Waals surface area contributed by atoms with Crippen LogP contribution < -0.4 is 10.6 Å². The highest BCUT2D eigenvalue weighted by atomic mass is 16.6. The Bertz CT molecular complexity index is 1060. The Morgan fingerprint density at radius 1 is 1.00 bits per heavy atom. The molecule has 8 heteroatoms. The number of carbonyl (C=O) groups is 2. The molecule has 29 heavy (non-hydrogen) atoms. The minimum Gasteiger partial charge on any atom is -0.451 e. The Labute approximate surface area is 166 Å². The summed E-state index contributed by atoms with van der Waals surface area (Å²) in [6.07, 6.45) is 1.15. The van der Waals surface area contributed by atoms with Gasteiger partial charge in [0.25, 0.3) is 11.6 Å². The van der Waals surface area contributed by atoms with Crippen molar-refractivity contribution in [3.05, 3.63) is 76.5 Å². The van der Waals surface area contributed by atoms with E-state index < -0.39 is 10.8 Å². The minimum atomic E-state index is -0.508. The number of nitrogens with zero attached hydrogens (tertiary/aromatic N) is 1. The molecule has 1 heterocycles. The van der Waals surface area contributed by atoms with Crippen LogP contribution in [0, 0.1) is 10.1 Å². The molecule has 1 aromatic heterocycles. The van der Waals surface area contributed by atoms with Crippen LogP contribution in [0.2, 0.25) is 0 Å². The third-order valence-electron chi connectivity index (χ3n) is 4.08. The largest absolute Gasteiger partial charge is 0.451 e. The molecule has 0 saturated carbocycles. The fraction of sp³-hybridized carbons (Fsp3) is 0.143. The average molecular weight is 393 g/mol. The SMILES string of the molecule is CCCC(=O)Nc1cccc(NC(=O)c2ccc(-c3ccccc3[N+](=O)[O-])o2)c1. The van der Waals surface area contributed by atoms with E-state index in [1.54, 1.807) is 42.5 Å². The molecule has 0 unspecified atom stereocenters. The first-order valence-corrected chi connectivity index (χ1v) is 9.03. The van der Waals surface area contributed by atoms with Crippen molar-refractivity contribution < 1.29 is 18.9 Å². The highest BCUT2D eigenvalue weighted by molar-refractivity contribution is 6.03. The van der Waals surface area contributed by atoms with E-state index in [-0.39, 0.29) is 28.7 Å². The number of rotatable bonds is 7. The van der Waals surface area contributed by atoms with Gasteiger partial charge in [-0.1, -0.05) is 25.1 Å². The topological polar surface area (TPSA) is 114 Å². The van der Waals surface area contributed by atoms with E-state index in [0.717, 1.165) is 6.42 Å². The lowest BCUT2D eigenvalue weighted by atomic mass is 10.1. The van der Waals surface area contributed by atoms with Crippen molar-refractivity contribution in [1.82, 2.24) is 0 Å². The summed E-state index contributed by atoms with van der Waals surface area (Å²) in [6.45, 7) is 1.91. The van der Waals surface area contributed by atoms with Crippen LogP contribution in [0.4, 0.5) is 17.1 Å². The maximum absolute atomic E-state index is 12.5. The molecule has 0 aliphatic heterocycles. The minimum absolute atomic E-state index is 0.0126. The fourth-order valence-electron chi connectivity index (χ4n) is 2.76. The quantitative estimate of drug-likeness (QED) is 0.440. The molecule has 0 saturated heterocycles. The highest BCUT2D eigenvalue weighted by Crippen LogP contribution is 2.31. The third kappa shape index (κ3) is 4.86. The van der Waals surface area contributed by atoms with Crippen molar-refractivity contribution in [3.63, 3.8) is 0 Å². The zero-order chi connectivity index (χ0) is 20.8. The summed E-state index contributed by atoms with van der Waals surface area (Å²) in [7, 11) is 0. The van der Waals surface area contributed by atoms with Crippen LogP contribution in [0.3, 0.4) is 0 Å². The third-order valence-corrected chi connectivity index (χ3v) is 4.08. The van der Waals surface area contributed by atoms with Crippen LogP contribution in [-0.4, -0.2) is 16.7 Å². The molecule has 0 aliphatic rings. The van der Waals surface area contributed by atoms with E-state index in [4.69, 9.17) is 4.42 Å². The average Bonchev–Trinajstić information content (AvgIpc) is 3.18. The molecule has 2 amide bonds. The van der Waals surface area contributed by atoms with Crippen LogP contribution in [0.15, 0.2) is 65.1 Å². The summed E-state index contributed by atoms with van der Waals surface area (Å²) >= 11 is 0. The van der Waals surface area contributed by atoms with Crippen molar-refractivity contribution in [3.8, 4) is 11.3 Å². The van der Waals surface area contributed by atoms with Gasteiger partial charge in [0.1, 0.15) is 5.76 Å². The van der Waals surface area contributed by atoms with Crippen LogP contribution in [0.5, 0.6) is 0 Å². The number of hydrogen-bond acceptors (Lipinski definition) is 5. The Morgan fingerprint density at radius 3 is 2.45 bits per heavy atom. The zero-order valence-electron chi connectivity index (χ0n) is 15.7. The molecule has 0 spiro atoms. The van der Waals surface area contributed by atoms with Crippen molar-refractivity contribution >= 4 is 28.9 Å². The van der Waals surface area contributed by atoms with E-state index in [1.165, 1.54) is 18.2 Å². The van der Waals surface area contributed by atoms with Crippen LogP contribution in [0.25, 0.3) is 11.3 Å². The summed E-state index contributed by atoms with van der Waals surface area (Å²) in [6, 6.07) is 15.9. The molecule has 0 aliphatic carbocycles. The number of hydrogen-bond donors (Lipinski definition) is 2. The van der Waals surface area contributed by atoms with Gasteiger partial charge in [-0.2, -0.15) is 0 Å². The maximum Gasteiger partial charge on any atom is 0.291 e. The van der Waals surface area contributed by atoms with Gasteiger partial charge in [-0.15, -0.1) is 0 Å². The normalized spacial score (nSPS) is 10.4. The fourth-order valence-corrected chi connectivity index (χ4v) is 2.76. The van der Waals surface area contributed by atoms with Gasteiger partial charge in [-0.3, -0.25) is 19.7 Å². The number of nitro groups is 1. The van der Waals surface area contributed by atoms with Crippen LogP contribution >= 0.6 is 0 Å². The predicted octanol–water partition coefficient (Wildman–Crippen LogP) is 4.85. The number of amides is 2. The number of para-hydroxylation sites is 1. The van der Waals surface area contributed by atoms with Gasteiger partial charge in [0.2, 0.25) is 5.91 Å². The van der Waals surface area contributed by atoms with E-state index in [9.17, 15) is 19.7 Å². The number of carbonyl (C=O) groups excluding carboxylic acids is 2. The van der Waals surface area contributed by atoms with Crippen LogP contribution in [-0.2, 0) is 4.79 Å².